The lowest BCUT2D eigenvalue weighted by atomic mass is 10.0. The van der Waals surface area contributed by atoms with Crippen LogP contribution in [-0.2, 0) is 18.9 Å². The van der Waals surface area contributed by atoms with Gasteiger partial charge < -0.3 is 13.7 Å². The fourth-order valence-corrected chi connectivity index (χ4v) is 4.92. The Morgan fingerprint density at radius 3 is 2.71 bits per heavy atom. The lowest BCUT2D eigenvalue weighted by Crippen LogP contribution is -2.09. The van der Waals surface area contributed by atoms with E-state index >= 15 is 0 Å². The topological polar surface area (TPSA) is 70.2 Å². The molecule has 8 heteroatoms. The molecular formula is C27H30FN3O3S. The molecule has 0 aliphatic carbocycles. The molecule has 4 aromatic rings. The van der Waals surface area contributed by atoms with Crippen LogP contribution in [0.3, 0.4) is 0 Å². The SMILES string of the molecule is CCCCCCn1c(COc2ccccc2F)nnc1SCc1cc(=O)oc2c(C)c(C)ccc12. The summed E-state index contributed by atoms with van der Waals surface area (Å²) in [6.45, 7) is 7.02. The van der Waals surface area contributed by atoms with Gasteiger partial charge in [-0.2, -0.15) is 0 Å². The van der Waals surface area contributed by atoms with Crippen molar-refractivity contribution in [3.63, 3.8) is 0 Å². The Morgan fingerprint density at radius 1 is 1.09 bits per heavy atom. The van der Waals surface area contributed by atoms with Crippen molar-refractivity contribution < 1.29 is 13.5 Å². The predicted octanol–water partition coefficient (Wildman–Crippen LogP) is 6.59. The van der Waals surface area contributed by atoms with Gasteiger partial charge in [0, 0.05) is 23.8 Å². The average molecular weight is 496 g/mol. The summed E-state index contributed by atoms with van der Waals surface area (Å²) in [6.07, 6.45) is 4.41. The van der Waals surface area contributed by atoms with E-state index in [4.69, 9.17) is 9.15 Å². The number of benzene rings is 2. The minimum absolute atomic E-state index is 0.124. The fourth-order valence-electron chi connectivity index (χ4n) is 3.94. The van der Waals surface area contributed by atoms with Crippen LogP contribution in [0.1, 0.15) is 55.1 Å². The van der Waals surface area contributed by atoms with Crippen LogP contribution in [-0.4, -0.2) is 14.8 Å². The molecule has 4 rings (SSSR count). The lowest BCUT2D eigenvalue weighted by molar-refractivity contribution is 0.273. The quantitative estimate of drug-likeness (QED) is 0.133. The van der Waals surface area contributed by atoms with Crippen molar-refractivity contribution in [2.24, 2.45) is 0 Å². The number of fused-ring (bicyclic) bond motifs is 1. The Balaban J connectivity index is 1.56. The Hall–Kier alpha value is -3.13. The van der Waals surface area contributed by atoms with Crippen LogP contribution in [0, 0.1) is 19.7 Å². The molecule has 0 saturated carbocycles. The molecule has 0 N–H and O–H groups in total. The van der Waals surface area contributed by atoms with Gasteiger partial charge in [-0.1, -0.05) is 62.2 Å². The molecule has 0 amide bonds. The monoisotopic (exact) mass is 495 g/mol. The number of aryl methyl sites for hydroxylation is 2. The molecule has 0 spiro atoms. The molecule has 2 aromatic carbocycles. The minimum atomic E-state index is -0.406. The summed E-state index contributed by atoms with van der Waals surface area (Å²) in [5.74, 6) is 0.981. The van der Waals surface area contributed by atoms with E-state index in [9.17, 15) is 9.18 Å². The van der Waals surface area contributed by atoms with Gasteiger partial charge in [0.05, 0.1) is 0 Å². The number of nitrogens with zero attached hydrogens (tertiary/aromatic N) is 3. The standard InChI is InChI=1S/C27H30FN3O3S/c1-4-5-6-9-14-31-24(16-33-23-11-8-7-10-22(23)28)29-30-27(31)35-17-20-15-25(32)34-26-19(3)18(2)12-13-21(20)26/h7-8,10-13,15H,4-6,9,14,16-17H2,1-3H3. The van der Waals surface area contributed by atoms with Gasteiger partial charge in [0.25, 0.3) is 0 Å². The average Bonchev–Trinajstić information content (AvgIpc) is 3.24. The molecule has 35 heavy (non-hydrogen) atoms. The third-order valence-electron chi connectivity index (χ3n) is 6.10. The van der Waals surface area contributed by atoms with Crippen LogP contribution in [0.5, 0.6) is 5.75 Å². The third-order valence-corrected chi connectivity index (χ3v) is 7.11. The molecule has 2 heterocycles. The van der Waals surface area contributed by atoms with E-state index in [1.165, 1.54) is 17.8 Å². The summed E-state index contributed by atoms with van der Waals surface area (Å²) in [5, 5.41) is 10.4. The van der Waals surface area contributed by atoms with E-state index in [1.54, 1.807) is 24.3 Å². The molecule has 0 unspecified atom stereocenters. The lowest BCUT2D eigenvalue weighted by Gasteiger charge is -2.12. The van der Waals surface area contributed by atoms with Gasteiger partial charge in [0.15, 0.2) is 22.5 Å². The molecule has 0 saturated heterocycles. The van der Waals surface area contributed by atoms with E-state index in [0.717, 1.165) is 59.5 Å². The van der Waals surface area contributed by atoms with Crippen molar-refractivity contribution in [1.82, 2.24) is 14.8 Å². The molecule has 0 radical (unpaired) electrons. The number of hydrogen-bond acceptors (Lipinski definition) is 6. The zero-order chi connectivity index (χ0) is 24.8. The molecule has 0 fully saturated rings. The zero-order valence-electron chi connectivity index (χ0n) is 20.3. The Morgan fingerprint density at radius 2 is 1.91 bits per heavy atom. The van der Waals surface area contributed by atoms with Gasteiger partial charge in [-0.25, -0.2) is 9.18 Å². The van der Waals surface area contributed by atoms with Crippen LogP contribution >= 0.6 is 11.8 Å². The van der Waals surface area contributed by atoms with Crippen molar-refractivity contribution in [2.75, 3.05) is 0 Å². The molecule has 184 valence electrons. The molecule has 0 aliphatic rings. The van der Waals surface area contributed by atoms with Crippen LogP contribution in [0.2, 0.25) is 0 Å². The van der Waals surface area contributed by atoms with E-state index in [2.05, 4.69) is 17.1 Å². The van der Waals surface area contributed by atoms with Gasteiger partial charge in [0.1, 0.15) is 12.2 Å². The predicted molar refractivity (Wildman–Crippen MR) is 136 cm³/mol. The van der Waals surface area contributed by atoms with Gasteiger partial charge in [-0.05, 0) is 49.1 Å². The zero-order valence-corrected chi connectivity index (χ0v) is 21.2. The van der Waals surface area contributed by atoms with E-state index in [-0.39, 0.29) is 18.0 Å². The maximum atomic E-state index is 14.0. The maximum Gasteiger partial charge on any atom is 0.336 e. The van der Waals surface area contributed by atoms with Crippen LogP contribution in [0.25, 0.3) is 11.0 Å². The summed E-state index contributed by atoms with van der Waals surface area (Å²) in [4.78, 5) is 12.2. The second-order valence-electron chi connectivity index (χ2n) is 8.59. The summed E-state index contributed by atoms with van der Waals surface area (Å²) < 4.78 is 27.3. The van der Waals surface area contributed by atoms with Crippen molar-refractivity contribution >= 4 is 22.7 Å². The first-order chi connectivity index (χ1) is 17.0. The number of rotatable bonds is 11. The molecule has 6 nitrogen and oxygen atoms in total. The Bertz CT molecular complexity index is 1370. The summed E-state index contributed by atoms with van der Waals surface area (Å²) >= 11 is 1.52. The second kappa shape index (κ2) is 11.5. The first kappa shape index (κ1) is 25.0. The minimum Gasteiger partial charge on any atom is -0.483 e. The highest BCUT2D eigenvalue weighted by molar-refractivity contribution is 7.98. The summed E-state index contributed by atoms with van der Waals surface area (Å²) in [6, 6.07) is 11.9. The third kappa shape index (κ3) is 5.93. The number of para-hydroxylation sites is 1. The molecular weight excluding hydrogens is 465 g/mol. The fraction of sp³-hybridized carbons (Fsp3) is 0.370. The number of halogens is 1. The van der Waals surface area contributed by atoms with Crippen molar-refractivity contribution in [3.8, 4) is 5.75 Å². The van der Waals surface area contributed by atoms with Gasteiger partial charge >= 0.3 is 5.63 Å². The van der Waals surface area contributed by atoms with E-state index in [1.807, 2.05) is 30.5 Å². The van der Waals surface area contributed by atoms with E-state index in [0.29, 0.717) is 17.2 Å². The van der Waals surface area contributed by atoms with Gasteiger partial charge in [0.2, 0.25) is 0 Å². The van der Waals surface area contributed by atoms with Crippen molar-refractivity contribution in [1.29, 1.82) is 0 Å². The number of unbranched alkanes of at least 4 members (excludes halogenated alkanes) is 3. The number of aromatic nitrogens is 3. The first-order valence-corrected chi connectivity index (χ1v) is 12.9. The largest absolute Gasteiger partial charge is 0.483 e. The number of hydrogen-bond donors (Lipinski definition) is 0. The highest BCUT2D eigenvalue weighted by Crippen LogP contribution is 2.29. The van der Waals surface area contributed by atoms with Gasteiger partial charge in [-0.3, -0.25) is 0 Å². The smallest absolute Gasteiger partial charge is 0.336 e. The molecule has 0 aliphatic heterocycles. The Kier molecular flexibility index (Phi) is 8.23. The van der Waals surface area contributed by atoms with Crippen LogP contribution in [0.4, 0.5) is 4.39 Å². The van der Waals surface area contributed by atoms with Crippen molar-refractivity contribution in [3.05, 3.63) is 81.2 Å². The van der Waals surface area contributed by atoms with Gasteiger partial charge in [-0.15, -0.1) is 10.2 Å². The number of thioether (sulfide) groups is 1. The summed E-state index contributed by atoms with van der Waals surface area (Å²) in [7, 11) is 0. The van der Waals surface area contributed by atoms with Crippen LogP contribution in [0.15, 0.2) is 56.8 Å². The van der Waals surface area contributed by atoms with E-state index < -0.39 is 5.82 Å². The number of ether oxygens (including phenoxy) is 1. The summed E-state index contributed by atoms with van der Waals surface area (Å²) in [5.41, 5.74) is 3.22. The Labute approximate surface area is 208 Å². The molecule has 0 atom stereocenters. The molecule has 0 bridgehead atoms. The maximum absolute atomic E-state index is 14.0. The highest BCUT2D eigenvalue weighted by Gasteiger charge is 2.16. The first-order valence-electron chi connectivity index (χ1n) is 11.9. The second-order valence-corrected chi connectivity index (χ2v) is 9.54. The molecule has 2 aromatic heterocycles. The van der Waals surface area contributed by atoms with Crippen molar-refractivity contribution in [2.45, 2.75) is 70.5 Å². The highest BCUT2D eigenvalue weighted by atomic mass is 32.2. The normalized spacial score (nSPS) is 11.3. The van der Waals surface area contributed by atoms with Crippen LogP contribution < -0.4 is 10.4 Å².